The lowest BCUT2D eigenvalue weighted by Crippen LogP contribution is -2.61. The van der Waals surface area contributed by atoms with Crippen molar-refractivity contribution in [2.45, 2.75) is 43.1 Å². The van der Waals surface area contributed by atoms with E-state index >= 15 is 0 Å². The van der Waals surface area contributed by atoms with Crippen molar-refractivity contribution in [1.82, 2.24) is 20.4 Å². The molecule has 7 nitrogen and oxygen atoms in total. The number of alkyl halides is 1. The van der Waals surface area contributed by atoms with Crippen LogP contribution in [-0.4, -0.2) is 76.9 Å². The third kappa shape index (κ3) is 6.78. The zero-order valence-electron chi connectivity index (χ0n) is 22.0. The van der Waals surface area contributed by atoms with Crippen LogP contribution >= 0.6 is 28.1 Å². The smallest absolute Gasteiger partial charge is 0.251 e. The molecule has 39 heavy (non-hydrogen) atoms. The standard InChI is InChI=1S/C29H35BrFN5O2S/c30-22-10-11-25-23(18-22)28(38)36(29(39)33-25)19-20-6-8-21(9-7-20)27(37)32-12-3-13-34-14-16-35(17-15-34)26-5-2-1-4-24(26)31/h1-2,4-9,22-23,25H,3,10-19H2,(H,32,37)(H,33,39). The fourth-order valence-corrected chi connectivity index (χ4v) is 6.70. The van der Waals surface area contributed by atoms with Gasteiger partial charge in [-0.3, -0.25) is 19.4 Å². The maximum atomic E-state index is 14.0. The van der Waals surface area contributed by atoms with E-state index < -0.39 is 0 Å². The third-order valence-corrected chi connectivity index (χ3v) is 9.15. The lowest BCUT2D eigenvalue weighted by Gasteiger charge is -2.43. The number of thiocarbonyl (C=S) groups is 1. The Morgan fingerprint density at radius 1 is 1.08 bits per heavy atom. The van der Waals surface area contributed by atoms with Crippen LogP contribution in [0.3, 0.4) is 0 Å². The average molecular weight is 617 g/mol. The van der Waals surface area contributed by atoms with Crippen molar-refractivity contribution in [3.8, 4) is 0 Å². The maximum absolute atomic E-state index is 14.0. The molecule has 2 aromatic rings. The van der Waals surface area contributed by atoms with E-state index in [1.807, 2.05) is 24.3 Å². The molecule has 0 aromatic heterocycles. The highest BCUT2D eigenvalue weighted by Gasteiger charge is 2.42. The van der Waals surface area contributed by atoms with Crippen molar-refractivity contribution < 1.29 is 14.0 Å². The molecule has 0 spiro atoms. The monoisotopic (exact) mass is 615 g/mol. The fraction of sp³-hybridized carbons (Fsp3) is 0.483. The van der Waals surface area contributed by atoms with Gasteiger partial charge < -0.3 is 15.5 Å². The van der Waals surface area contributed by atoms with Gasteiger partial charge in [-0.2, -0.15) is 0 Å². The number of benzene rings is 2. The van der Waals surface area contributed by atoms with E-state index in [1.165, 1.54) is 6.07 Å². The normalized spacial score (nSPS) is 23.8. The molecule has 2 amide bonds. The number of hydrogen-bond donors (Lipinski definition) is 2. The van der Waals surface area contributed by atoms with E-state index in [9.17, 15) is 14.0 Å². The minimum absolute atomic E-state index is 0.0596. The van der Waals surface area contributed by atoms with Crippen LogP contribution in [0.4, 0.5) is 10.1 Å². The number of fused-ring (bicyclic) bond motifs is 1. The molecule has 10 heteroatoms. The van der Waals surface area contributed by atoms with Crippen molar-refractivity contribution in [2.24, 2.45) is 5.92 Å². The van der Waals surface area contributed by atoms with Gasteiger partial charge in [0.1, 0.15) is 5.82 Å². The van der Waals surface area contributed by atoms with Gasteiger partial charge in [-0.15, -0.1) is 0 Å². The number of nitrogens with zero attached hydrogens (tertiary/aromatic N) is 3. The second-order valence-corrected chi connectivity index (χ2v) is 12.3. The van der Waals surface area contributed by atoms with Gasteiger partial charge >= 0.3 is 0 Å². The quantitative estimate of drug-likeness (QED) is 0.267. The van der Waals surface area contributed by atoms with Crippen LogP contribution in [0.1, 0.15) is 41.6 Å². The molecular formula is C29H35BrFN5O2S. The summed E-state index contributed by atoms with van der Waals surface area (Å²) < 4.78 is 14.0. The highest BCUT2D eigenvalue weighted by atomic mass is 79.9. The van der Waals surface area contributed by atoms with Gasteiger partial charge in [0.15, 0.2) is 5.11 Å². The van der Waals surface area contributed by atoms with Crippen LogP contribution in [0, 0.1) is 11.7 Å². The van der Waals surface area contributed by atoms with Crippen LogP contribution in [0.25, 0.3) is 0 Å². The summed E-state index contributed by atoms with van der Waals surface area (Å²) in [5.41, 5.74) is 2.20. The second kappa shape index (κ2) is 12.7. The maximum Gasteiger partial charge on any atom is 0.251 e. The first-order valence-electron chi connectivity index (χ1n) is 13.7. The molecule has 3 atom stereocenters. The molecule has 2 aromatic carbocycles. The largest absolute Gasteiger partial charge is 0.367 e. The van der Waals surface area contributed by atoms with Crippen LogP contribution in [0.15, 0.2) is 48.5 Å². The first-order chi connectivity index (χ1) is 18.9. The average Bonchev–Trinajstić information content (AvgIpc) is 2.95. The number of rotatable bonds is 8. The van der Waals surface area contributed by atoms with E-state index in [-0.39, 0.29) is 29.6 Å². The molecule has 1 aliphatic carbocycles. The molecule has 0 bridgehead atoms. The predicted molar refractivity (Wildman–Crippen MR) is 159 cm³/mol. The van der Waals surface area contributed by atoms with E-state index in [0.29, 0.717) is 34.3 Å². The topological polar surface area (TPSA) is 67.9 Å². The summed E-state index contributed by atoms with van der Waals surface area (Å²) in [4.78, 5) is 32.3. The van der Waals surface area contributed by atoms with Crippen molar-refractivity contribution in [3.63, 3.8) is 0 Å². The lowest BCUT2D eigenvalue weighted by atomic mass is 9.82. The Morgan fingerprint density at radius 2 is 1.82 bits per heavy atom. The Balaban J connectivity index is 1.04. The molecule has 2 aliphatic heterocycles. The first kappa shape index (κ1) is 28.0. The summed E-state index contributed by atoms with van der Waals surface area (Å²) in [5, 5.41) is 6.86. The van der Waals surface area contributed by atoms with Gasteiger partial charge in [0.05, 0.1) is 18.2 Å². The summed E-state index contributed by atoms with van der Waals surface area (Å²) in [6.45, 7) is 5.21. The van der Waals surface area contributed by atoms with Gasteiger partial charge in [0.25, 0.3) is 5.91 Å². The predicted octanol–water partition coefficient (Wildman–Crippen LogP) is 3.92. The summed E-state index contributed by atoms with van der Waals surface area (Å²) in [5.74, 6) is -0.253. The zero-order valence-corrected chi connectivity index (χ0v) is 24.4. The van der Waals surface area contributed by atoms with Gasteiger partial charge in [0, 0.05) is 49.2 Å². The van der Waals surface area contributed by atoms with Crippen LogP contribution in [0.5, 0.6) is 0 Å². The number of carbonyl (C=O) groups is 2. The van der Waals surface area contributed by atoms with Crippen LogP contribution in [-0.2, 0) is 11.3 Å². The highest BCUT2D eigenvalue weighted by Crippen LogP contribution is 2.33. The highest BCUT2D eigenvalue weighted by molar-refractivity contribution is 9.09. The number of halogens is 2. The molecule has 3 aliphatic rings. The Bertz CT molecular complexity index is 1190. The van der Waals surface area contributed by atoms with E-state index in [4.69, 9.17) is 12.2 Å². The zero-order chi connectivity index (χ0) is 27.4. The Morgan fingerprint density at radius 3 is 2.56 bits per heavy atom. The van der Waals surface area contributed by atoms with E-state index in [1.54, 1.807) is 23.1 Å². The molecule has 1 saturated carbocycles. The number of para-hydroxylation sites is 1. The summed E-state index contributed by atoms with van der Waals surface area (Å²) in [6, 6.07) is 14.4. The molecule has 3 unspecified atom stereocenters. The second-order valence-electron chi connectivity index (χ2n) is 10.6. The van der Waals surface area contributed by atoms with Crippen molar-refractivity contribution in [1.29, 1.82) is 0 Å². The summed E-state index contributed by atoms with van der Waals surface area (Å²) >= 11 is 9.18. The van der Waals surface area contributed by atoms with Gasteiger partial charge in [-0.05, 0) is 74.3 Å². The number of anilines is 1. The molecule has 208 valence electrons. The Hall–Kier alpha value is -2.56. The Kier molecular flexibility index (Phi) is 9.14. The minimum Gasteiger partial charge on any atom is -0.367 e. The van der Waals surface area contributed by atoms with Crippen LogP contribution in [0.2, 0.25) is 0 Å². The molecule has 3 fully saturated rings. The number of nitrogens with one attached hydrogen (secondary N) is 2. The SMILES string of the molecule is O=C(NCCCN1CCN(c2ccccc2F)CC1)c1ccc(CN2C(=O)C3CC(Br)CCC3NC2=S)cc1. The molecule has 2 N–H and O–H groups in total. The van der Waals surface area contributed by atoms with Gasteiger partial charge in [-0.25, -0.2) is 4.39 Å². The van der Waals surface area contributed by atoms with Gasteiger partial charge in [-0.1, -0.05) is 40.2 Å². The lowest BCUT2D eigenvalue weighted by molar-refractivity contribution is -0.135. The number of carbonyl (C=O) groups excluding carboxylic acids is 2. The molecule has 0 radical (unpaired) electrons. The van der Waals surface area contributed by atoms with Crippen molar-refractivity contribution >= 4 is 50.8 Å². The number of piperazine rings is 1. The van der Waals surface area contributed by atoms with E-state index in [2.05, 4.69) is 36.4 Å². The van der Waals surface area contributed by atoms with Crippen molar-refractivity contribution in [2.75, 3.05) is 44.2 Å². The number of hydrogen-bond acceptors (Lipinski definition) is 5. The minimum atomic E-state index is -0.173. The first-order valence-corrected chi connectivity index (χ1v) is 15.1. The number of amides is 2. The molecule has 2 saturated heterocycles. The molecule has 2 heterocycles. The fourth-order valence-electron chi connectivity index (χ4n) is 5.72. The van der Waals surface area contributed by atoms with Crippen LogP contribution < -0.4 is 15.5 Å². The summed E-state index contributed by atoms with van der Waals surface area (Å²) in [6.07, 6.45) is 3.65. The van der Waals surface area contributed by atoms with Gasteiger partial charge in [0.2, 0.25) is 5.91 Å². The Labute approximate surface area is 243 Å². The third-order valence-electron chi connectivity index (χ3n) is 7.98. The van der Waals surface area contributed by atoms with E-state index in [0.717, 1.165) is 64.0 Å². The molecular weight excluding hydrogens is 581 g/mol. The van der Waals surface area contributed by atoms with Crippen molar-refractivity contribution in [3.05, 3.63) is 65.5 Å². The molecule has 5 rings (SSSR count). The summed E-state index contributed by atoms with van der Waals surface area (Å²) in [7, 11) is 0.